The smallest absolute Gasteiger partial charge is 0.325 e. The highest BCUT2D eigenvalue weighted by Crippen LogP contribution is 2.25. The molecule has 0 radical (unpaired) electrons. The Hall–Kier alpha value is -2.20. The van der Waals surface area contributed by atoms with Crippen LogP contribution in [0.25, 0.3) is 0 Å². The number of nitrogens with zero attached hydrogens (tertiary/aromatic N) is 2. The zero-order valence-corrected chi connectivity index (χ0v) is 15.6. The maximum atomic E-state index is 12.8. The summed E-state index contributed by atoms with van der Waals surface area (Å²) in [5, 5.41) is 16.0. The van der Waals surface area contributed by atoms with E-state index in [1.807, 2.05) is 20.8 Å². The molecule has 3 amide bonds. The molecule has 2 rings (SSSR count). The summed E-state index contributed by atoms with van der Waals surface area (Å²) >= 11 is 2.41. The number of benzene rings is 1. The van der Waals surface area contributed by atoms with E-state index >= 15 is 0 Å². The van der Waals surface area contributed by atoms with Gasteiger partial charge >= 0.3 is 6.03 Å². The Morgan fingerprint density at radius 1 is 1.16 bits per heavy atom. The first-order valence-corrected chi connectivity index (χ1v) is 9.12. The predicted octanol–water partition coefficient (Wildman–Crippen LogP) is 3.33. The Bertz CT molecular complexity index is 743. The normalized spacial score (nSPS) is 11.0. The molecule has 0 atom stereocenters. The molecule has 0 aliphatic rings. The summed E-state index contributed by atoms with van der Waals surface area (Å²) in [4.78, 5) is 23.6. The lowest BCUT2D eigenvalue weighted by Crippen LogP contribution is -2.41. The first-order valence-electron chi connectivity index (χ1n) is 7.32. The molecule has 3 N–H and O–H groups in total. The molecule has 0 aliphatic heterocycles. The standard InChI is InChI=1S/C15H18FN5O2S2/c1-15(2,3)19-11(22)8-24-14-21-20-13(25-14)18-12(23)17-10-6-4-9(16)5-7-10/h4-7H,8H2,1-3H3,(H,19,22)(H2,17,18,20,23). The lowest BCUT2D eigenvalue weighted by atomic mass is 10.1. The van der Waals surface area contributed by atoms with Crippen molar-refractivity contribution in [2.75, 3.05) is 16.4 Å². The maximum absolute atomic E-state index is 12.8. The van der Waals surface area contributed by atoms with Gasteiger partial charge in [-0.05, 0) is 45.0 Å². The zero-order valence-electron chi connectivity index (χ0n) is 13.9. The molecule has 0 bridgehead atoms. The molecule has 1 heterocycles. The summed E-state index contributed by atoms with van der Waals surface area (Å²) in [5.74, 6) is -0.267. The Balaban J connectivity index is 1.81. The van der Waals surface area contributed by atoms with Crippen molar-refractivity contribution in [1.29, 1.82) is 0 Å². The second-order valence-corrected chi connectivity index (χ2v) is 8.25. The topological polar surface area (TPSA) is 96.0 Å². The average molecular weight is 383 g/mol. The summed E-state index contributed by atoms with van der Waals surface area (Å²) < 4.78 is 13.4. The molecule has 0 spiro atoms. The third kappa shape index (κ3) is 7.06. The van der Waals surface area contributed by atoms with Gasteiger partial charge in [-0.1, -0.05) is 23.1 Å². The minimum absolute atomic E-state index is 0.101. The number of carbonyl (C=O) groups is 2. The largest absolute Gasteiger partial charge is 0.351 e. The third-order valence-electron chi connectivity index (χ3n) is 2.57. The van der Waals surface area contributed by atoms with Gasteiger partial charge in [0, 0.05) is 11.2 Å². The van der Waals surface area contributed by atoms with Crippen molar-refractivity contribution in [3.63, 3.8) is 0 Å². The van der Waals surface area contributed by atoms with Crippen LogP contribution in [-0.4, -0.2) is 33.4 Å². The van der Waals surface area contributed by atoms with E-state index in [0.29, 0.717) is 15.2 Å². The van der Waals surface area contributed by atoms with Crippen molar-refractivity contribution in [3.05, 3.63) is 30.1 Å². The molecular weight excluding hydrogens is 365 g/mol. The molecule has 0 saturated heterocycles. The van der Waals surface area contributed by atoms with Crippen LogP contribution in [0.1, 0.15) is 20.8 Å². The minimum Gasteiger partial charge on any atom is -0.351 e. The fraction of sp³-hybridized carbons (Fsp3) is 0.333. The summed E-state index contributed by atoms with van der Waals surface area (Å²) in [5.41, 5.74) is 0.168. The van der Waals surface area contributed by atoms with Gasteiger partial charge in [0.25, 0.3) is 0 Å². The van der Waals surface area contributed by atoms with Crippen LogP contribution in [0.4, 0.5) is 20.0 Å². The minimum atomic E-state index is -0.509. The van der Waals surface area contributed by atoms with Crippen molar-refractivity contribution < 1.29 is 14.0 Å². The number of thioether (sulfide) groups is 1. The summed E-state index contributed by atoms with van der Waals surface area (Å²) in [6, 6.07) is 4.88. The average Bonchev–Trinajstić information content (AvgIpc) is 2.93. The van der Waals surface area contributed by atoms with E-state index in [1.54, 1.807) is 0 Å². The SMILES string of the molecule is CC(C)(C)NC(=O)CSc1nnc(NC(=O)Nc2ccc(F)cc2)s1. The van der Waals surface area contributed by atoms with Gasteiger partial charge in [-0.25, -0.2) is 9.18 Å². The van der Waals surface area contributed by atoms with E-state index < -0.39 is 6.03 Å². The number of carbonyl (C=O) groups excluding carboxylic acids is 2. The lowest BCUT2D eigenvalue weighted by Gasteiger charge is -2.19. The molecule has 0 fully saturated rings. The highest BCUT2D eigenvalue weighted by Gasteiger charge is 2.15. The molecule has 25 heavy (non-hydrogen) atoms. The van der Waals surface area contributed by atoms with Gasteiger partial charge in [0.15, 0.2) is 4.34 Å². The highest BCUT2D eigenvalue weighted by atomic mass is 32.2. The fourth-order valence-corrected chi connectivity index (χ4v) is 3.24. The van der Waals surface area contributed by atoms with Crippen molar-refractivity contribution in [1.82, 2.24) is 15.5 Å². The summed E-state index contributed by atoms with van der Waals surface area (Å²) in [7, 11) is 0. The number of halogens is 1. The molecule has 2 aromatic rings. The van der Waals surface area contributed by atoms with E-state index in [-0.39, 0.29) is 23.0 Å². The van der Waals surface area contributed by atoms with E-state index in [4.69, 9.17) is 0 Å². The Labute approximate surface area is 152 Å². The van der Waals surface area contributed by atoms with Gasteiger partial charge < -0.3 is 10.6 Å². The Morgan fingerprint density at radius 3 is 2.48 bits per heavy atom. The van der Waals surface area contributed by atoms with E-state index in [0.717, 1.165) is 11.3 Å². The van der Waals surface area contributed by atoms with Crippen molar-refractivity contribution in [2.24, 2.45) is 0 Å². The van der Waals surface area contributed by atoms with E-state index in [2.05, 4.69) is 26.1 Å². The van der Waals surface area contributed by atoms with Crippen molar-refractivity contribution in [2.45, 2.75) is 30.6 Å². The first-order chi connectivity index (χ1) is 11.7. The number of anilines is 2. The number of hydrogen-bond acceptors (Lipinski definition) is 6. The van der Waals surface area contributed by atoms with Gasteiger partial charge in [0.05, 0.1) is 5.75 Å². The maximum Gasteiger partial charge on any atom is 0.325 e. The van der Waals surface area contributed by atoms with Gasteiger partial charge in [-0.3, -0.25) is 10.1 Å². The molecular formula is C15H18FN5O2S2. The molecule has 0 saturated carbocycles. The van der Waals surface area contributed by atoms with Crippen LogP contribution in [0.15, 0.2) is 28.6 Å². The first kappa shape index (κ1) is 19.1. The van der Waals surface area contributed by atoms with Crippen LogP contribution in [-0.2, 0) is 4.79 Å². The molecule has 1 aromatic heterocycles. The number of rotatable bonds is 5. The third-order valence-corrected chi connectivity index (χ3v) is 4.54. The monoisotopic (exact) mass is 383 g/mol. The molecule has 134 valence electrons. The molecule has 10 heteroatoms. The van der Waals surface area contributed by atoms with Gasteiger partial charge in [-0.2, -0.15) is 0 Å². The number of amides is 3. The van der Waals surface area contributed by atoms with Crippen LogP contribution in [0.5, 0.6) is 0 Å². The van der Waals surface area contributed by atoms with Crippen molar-refractivity contribution in [3.8, 4) is 0 Å². The van der Waals surface area contributed by atoms with E-state index in [9.17, 15) is 14.0 Å². The molecule has 0 unspecified atom stereocenters. The molecule has 1 aromatic carbocycles. The van der Waals surface area contributed by atoms with Crippen LogP contribution >= 0.6 is 23.1 Å². The van der Waals surface area contributed by atoms with E-state index in [1.165, 1.54) is 36.0 Å². The molecule has 7 nitrogen and oxygen atoms in total. The fourth-order valence-electron chi connectivity index (χ4n) is 1.69. The lowest BCUT2D eigenvalue weighted by molar-refractivity contribution is -0.119. The summed E-state index contributed by atoms with van der Waals surface area (Å²) in [6.07, 6.45) is 0. The molecule has 0 aliphatic carbocycles. The number of nitrogens with one attached hydrogen (secondary N) is 3. The number of urea groups is 1. The summed E-state index contributed by atoms with van der Waals surface area (Å²) in [6.45, 7) is 5.72. The number of aromatic nitrogens is 2. The van der Waals surface area contributed by atoms with Crippen molar-refractivity contribution >= 4 is 45.9 Å². The Morgan fingerprint density at radius 2 is 1.84 bits per heavy atom. The van der Waals surface area contributed by atoms with Gasteiger partial charge in [0.2, 0.25) is 11.0 Å². The second-order valence-electron chi connectivity index (χ2n) is 6.05. The van der Waals surface area contributed by atoms with Gasteiger partial charge in [0.1, 0.15) is 5.82 Å². The zero-order chi connectivity index (χ0) is 18.4. The van der Waals surface area contributed by atoms with Gasteiger partial charge in [-0.15, -0.1) is 10.2 Å². The highest BCUT2D eigenvalue weighted by molar-refractivity contribution is 8.01. The second kappa shape index (κ2) is 8.26. The quantitative estimate of drug-likeness (QED) is 0.544. The van der Waals surface area contributed by atoms with Crippen LogP contribution in [0, 0.1) is 5.82 Å². The predicted molar refractivity (Wildman–Crippen MR) is 97.6 cm³/mol. The Kier molecular flexibility index (Phi) is 6.32. The number of hydrogen-bond donors (Lipinski definition) is 3. The van der Waals surface area contributed by atoms with Crippen LogP contribution in [0.2, 0.25) is 0 Å². The van der Waals surface area contributed by atoms with Crippen LogP contribution in [0.3, 0.4) is 0 Å². The van der Waals surface area contributed by atoms with Crippen LogP contribution < -0.4 is 16.0 Å².